The molecule has 0 aliphatic carbocycles. The second-order valence-electron chi connectivity index (χ2n) is 2.41. The summed E-state index contributed by atoms with van der Waals surface area (Å²) in [5, 5.41) is 0. The van der Waals surface area contributed by atoms with Gasteiger partial charge in [0.1, 0.15) is 4.13 Å². The van der Waals surface area contributed by atoms with E-state index in [4.69, 9.17) is 4.74 Å². The fourth-order valence-corrected chi connectivity index (χ4v) is 1.90. The van der Waals surface area contributed by atoms with E-state index in [0.29, 0.717) is 0 Å². The first-order valence-electron chi connectivity index (χ1n) is 3.04. The summed E-state index contributed by atoms with van der Waals surface area (Å²) in [4.78, 5) is 0. The molecule has 0 amide bonds. The maximum Gasteiger partial charge on any atom is 0.100 e. The molecule has 1 aliphatic heterocycles. The number of halogens is 1. The summed E-state index contributed by atoms with van der Waals surface area (Å²) in [6.07, 6.45) is 3.78. The molecule has 0 aromatic heterocycles. The molecule has 48 valence electrons. The third-order valence-corrected chi connectivity index (χ3v) is 2.83. The normalized spacial score (nSPS) is 40.1. The molecule has 8 heavy (non-hydrogen) atoms. The van der Waals surface area contributed by atoms with Gasteiger partial charge in [0.2, 0.25) is 0 Å². The lowest BCUT2D eigenvalue weighted by atomic mass is 10.2. The Hall–Kier alpha value is 0.657. The van der Waals surface area contributed by atoms with Crippen molar-refractivity contribution in [3.8, 4) is 0 Å². The minimum Gasteiger partial charge on any atom is -0.369 e. The van der Waals surface area contributed by atoms with Gasteiger partial charge in [-0.15, -0.1) is 0 Å². The molecule has 0 spiro atoms. The topological polar surface area (TPSA) is 9.23 Å². The van der Waals surface area contributed by atoms with Crippen LogP contribution in [0.15, 0.2) is 0 Å². The molecule has 0 N–H and O–H groups in total. The Kier molecular flexibility index (Phi) is 2.11. The molecule has 0 radical (unpaired) electrons. The Bertz CT molecular complexity index is 76.5. The molecule has 0 aromatic rings. The van der Waals surface area contributed by atoms with Crippen molar-refractivity contribution in [1.82, 2.24) is 0 Å². The fourth-order valence-electron chi connectivity index (χ4n) is 0.900. The second kappa shape index (κ2) is 2.50. The third-order valence-electron chi connectivity index (χ3n) is 1.42. The summed E-state index contributed by atoms with van der Waals surface area (Å²) in [6.45, 7) is 0.953. The van der Waals surface area contributed by atoms with Gasteiger partial charge in [0.15, 0.2) is 0 Å². The van der Waals surface area contributed by atoms with Crippen LogP contribution in [0.25, 0.3) is 0 Å². The molecule has 1 unspecified atom stereocenters. The minimum atomic E-state index is 0.130. The van der Waals surface area contributed by atoms with Gasteiger partial charge in [-0.2, -0.15) is 0 Å². The lowest BCUT2D eigenvalue weighted by Gasteiger charge is -2.27. The SMILES string of the molecule is [SiH3]C1(Br)CCCCO1. The zero-order valence-electron chi connectivity index (χ0n) is 5.11. The highest BCUT2D eigenvalue weighted by atomic mass is 79.9. The van der Waals surface area contributed by atoms with Crippen molar-refractivity contribution >= 4 is 26.2 Å². The van der Waals surface area contributed by atoms with Crippen molar-refractivity contribution in [1.29, 1.82) is 0 Å². The van der Waals surface area contributed by atoms with E-state index in [1.54, 1.807) is 0 Å². The summed E-state index contributed by atoms with van der Waals surface area (Å²) < 4.78 is 5.57. The van der Waals surface area contributed by atoms with Crippen LogP contribution >= 0.6 is 15.9 Å². The van der Waals surface area contributed by atoms with E-state index in [1.807, 2.05) is 0 Å². The Morgan fingerprint density at radius 1 is 1.50 bits per heavy atom. The van der Waals surface area contributed by atoms with Crippen LogP contribution < -0.4 is 0 Å². The van der Waals surface area contributed by atoms with Gasteiger partial charge in [-0.25, -0.2) is 0 Å². The van der Waals surface area contributed by atoms with Crippen molar-refractivity contribution in [2.45, 2.75) is 23.4 Å². The third kappa shape index (κ3) is 1.88. The molecule has 1 rings (SSSR count). The molecule has 0 aromatic carbocycles. The monoisotopic (exact) mass is 194 g/mol. The maximum atomic E-state index is 5.44. The van der Waals surface area contributed by atoms with Crippen LogP contribution in [-0.4, -0.2) is 21.0 Å². The van der Waals surface area contributed by atoms with Crippen molar-refractivity contribution in [3.63, 3.8) is 0 Å². The molecule has 1 fully saturated rings. The van der Waals surface area contributed by atoms with Crippen molar-refractivity contribution < 1.29 is 4.74 Å². The standard InChI is InChI=1S/C5H11BrOSi/c6-5(8)3-1-2-4-7-5/h1-4H2,8H3. The van der Waals surface area contributed by atoms with Gasteiger partial charge >= 0.3 is 0 Å². The number of ether oxygens (including phenoxy) is 1. The number of hydrogen-bond acceptors (Lipinski definition) is 1. The molecular weight excluding hydrogens is 184 g/mol. The number of rotatable bonds is 0. The maximum absolute atomic E-state index is 5.44. The Morgan fingerprint density at radius 2 is 2.25 bits per heavy atom. The summed E-state index contributed by atoms with van der Waals surface area (Å²) in [5.74, 6) is 0. The molecule has 1 saturated heterocycles. The van der Waals surface area contributed by atoms with Gasteiger partial charge in [-0.05, 0) is 19.3 Å². The first-order chi connectivity index (χ1) is 3.71. The average Bonchev–Trinajstić information content (AvgIpc) is 1.65. The van der Waals surface area contributed by atoms with Crippen LogP contribution in [0, 0.1) is 0 Å². The van der Waals surface area contributed by atoms with E-state index in [9.17, 15) is 0 Å². The highest BCUT2D eigenvalue weighted by Gasteiger charge is 2.22. The zero-order valence-corrected chi connectivity index (χ0v) is 8.70. The van der Waals surface area contributed by atoms with Crippen molar-refractivity contribution in [3.05, 3.63) is 0 Å². The predicted octanol–water partition coefficient (Wildman–Crippen LogP) is 0.601. The van der Waals surface area contributed by atoms with Gasteiger partial charge < -0.3 is 4.74 Å². The van der Waals surface area contributed by atoms with E-state index >= 15 is 0 Å². The van der Waals surface area contributed by atoms with E-state index in [-0.39, 0.29) is 4.13 Å². The van der Waals surface area contributed by atoms with E-state index in [2.05, 4.69) is 15.9 Å². The van der Waals surface area contributed by atoms with Crippen LogP contribution in [-0.2, 0) is 4.74 Å². The summed E-state index contributed by atoms with van der Waals surface area (Å²) in [7, 11) is 1.10. The Labute approximate surface area is 61.3 Å². The van der Waals surface area contributed by atoms with Gasteiger partial charge in [-0.1, -0.05) is 15.9 Å². The van der Waals surface area contributed by atoms with Crippen LogP contribution in [0.3, 0.4) is 0 Å². The van der Waals surface area contributed by atoms with Crippen LogP contribution in [0.2, 0.25) is 0 Å². The van der Waals surface area contributed by atoms with E-state index in [1.165, 1.54) is 19.3 Å². The van der Waals surface area contributed by atoms with Gasteiger partial charge in [0, 0.05) is 6.61 Å². The molecule has 1 atom stereocenters. The smallest absolute Gasteiger partial charge is 0.100 e. The van der Waals surface area contributed by atoms with Gasteiger partial charge in [0.25, 0.3) is 0 Å². The van der Waals surface area contributed by atoms with E-state index in [0.717, 1.165) is 16.8 Å². The second-order valence-corrected chi connectivity index (χ2v) is 7.16. The molecule has 1 nitrogen and oxygen atoms in total. The lowest BCUT2D eigenvalue weighted by molar-refractivity contribution is 0.0491. The van der Waals surface area contributed by atoms with Gasteiger partial charge in [-0.3, -0.25) is 0 Å². The minimum absolute atomic E-state index is 0.130. The molecule has 3 heteroatoms. The van der Waals surface area contributed by atoms with Crippen LogP contribution in [0.5, 0.6) is 0 Å². The largest absolute Gasteiger partial charge is 0.369 e. The summed E-state index contributed by atoms with van der Waals surface area (Å²) in [5.41, 5.74) is 0. The fraction of sp³-hybridized carbons (Fsp3) is 1.00. The molecule has 1 aliphatic rings. The Morgan fingerprint density at radius 3 is 2.50 bits per heavy atom. The number of hydrogen-bond donors (Lipinski definition) is 0. The average molecular weight is 195 g/mol. The number of alkyl halides is 1. The lowest BCUT2D eigenvalue weighted by Crippen LogP contribution is -2.29. The molecular formula is C5H11BrOSi. The first kappa shape index (κ1) is 6.77. The quantitative estimate of drug-likeness (QED) is 0.406. The van der Waals surface area contributed by atoms with Crippen LogP contribution in [0.4, 0.5) is 0 Å². The summed E-state index contributed by atoms with van der Waals surface area (Å²) in [6, 6.07) is 0. The molecule has 0 bridgehead atoms. The van der Waals surface area contributed by atoms with Crippen LogP contribution in [0.1, 0.15) is 19.3 Å². The molecule has 1 heterocycles. The Balaban J connectivity index is 2.33. The zero-order chi connectivity index (χ0) is 6.04. The molecule has 0 saturated carbocycles. The van der Waals surface area contributed by atoms with Crippen molar-refractivity contribution in [2.75, 3.05) is 6.61 Å². The van der Waals surface area contributed by atoms with Crippen molar-refractivity contribution in [2.24, 2.45) is 0 Å². The highest BCUT2D eigenvalue weighted by molar-refractivity contribution is 9.10. The predicted molar refractivity (Wildman–Crippen MR) is 41.4 cm³/mol. The van der Waals surface area contributed by atoms with E-state index < -0.39 is 0 Å². The highest BCUT2D eigenvalue weighted by Crippen LogP contribution is 2.26. The van der Waals surface area contributed by atoms with Gasteiger partial charge in [0.05, 0.1) is 10.2 Å². The first-order valence-corrected chi connectivity index (χ1v) is 4.83. The summed E-state index contributed by atoms with van der Waals surface area (Å²) >= 11 is 3.53.